The van der Waals surface area contributed by atoms with Gasteiger partial charge in [-0.15, -0.1) is 0 Å². The molecule has 1 aromatic heterocycles. The Balaban J connectivity index is 2.52. The van der Waals surface area contributed by atoms with Crippen molar-refractivity contribution in [2.45, 2.75) is 13.1 Å². The third kappa shape index (κ3) is 2.69. The van der Waals surface area contributed by atoms with Crippen LogP contribution in [0.1, 0.15) is 11.3 Å². The molecule has 0 amide bonds. The molecule has 0 aliphatic rings. The van der Waals surface area contributed by atoms with Crippen molar-refractivity contribution in [2.75, 3.05) is 0 Å². The van der Waals surface area contributed by atoms with Crippen LogP contribution in [0.15, 0.2) is 28.9 Å². The molecule has 0 atom stereocenters. The van der Waals surface area contributed by atoms with E-state index in [4.69, 9.17) is 0 Å². The fourth-order valence-corrected chi connectivity index (χ4v) is 1.94. The van der Waals surface area contributed by atoms with Gasteiger partial charge >= 0.3 is 6.18 Å². The van der Waals surface area contributed by atoms with E-state index >= 15 is 0 Å². The molecule has 0 radical (unpaired) electrons. The summed E-state index contributed by atoms with van der Waals surface area (Å²) in [7, 11) is 0. The van der Waals surface area contributed by atoms with Crippen LogP contribution in [-0.4, -0.2) is 9.97 Å². The first kappa shape index (κ1) is 12.2. The molecule has 17 heavy (non-hydrogen) atoms. The van der Waals surface area contributed by atoms with Gasteiger partial charge in [-0.2, -0.15) is 13.2 Å². The van der Waals surface area contributed by atoms with Gasteiger partial charge in [-0.05, 0) is 25.1 Å². The molecule has 90 valence electrons. The predicted molar refractivity (Wildman–Crippen MR) is 61.5 cm³/mol. The maximum absolute atomic E-state index is 12.6. The van der Waals surface area contributed by atoms with Gasteiger partial charge in [0.25, 0.3) is 0 Å². The van der Waals surface area contributed by atoms with Crippen LogP contribution in [0.25, 0.3) is 11.4 Å². The Morgan fingerprint density at radius 1 is 1.24 bits per heavy atom. The van der Waals surface area contributed by atoms with Gasteiger partial charge in [0, 0.05) is 21.9 Å². The second kappa shape index (κ2) is 4.18. The fourth-order valence-electron chi connectivity index (χ4n) is 1.45. The quantitative estimate of drug-likeness (QED) is 0.842. The third-order valence-corrected chi connectivity index (χ3v) is 2.66. The summed E-state index contributed by atoms with van der Waals surface area (Å²) in [6.45, 7) is 1.79. The lowest BCUT2D eigenvalue weighted by Gasteiger charge is -2.08. The molecule has 0 spiro atoms. The minimum Gasteiger partial charge on any atom is -0.342 e. The number of hydrogen-bond donors (Lipinski definition) is 1. The average Bonchev–Trinajstić information content (AvgIpc) is 2.62. The Kier molecular flexibility index (Phi) is 2.99. The number of aromatic amines is 1. The summed E-state index contributed by atoms with van der Waals surface area (Å²) in [6, 6.07) is 3.70. The van der Waals surface area contributed by atoms with Crippen LogP contribution in [0.5, 0.6) is 0 Å². The monoisotopic (exact) mass is 304 g/mol. The van der Waals surface area contributed by atoms with Crippen LogP contribution < -0.4 is 0 Å². The van der Waals surface area contributed by atoms with Crippen LogP contribution >= 0.6 is 15.9 Å². The zero-order chi connectivity index (χ0) is 12.6. The van der Waals surface area contributed by atoms with Gasteiger partial charge in [-0.25, -0.2) is 4.98 Å². The maximum atomic E-state index is 12.6. The number of halogens is 4. The van der Waals surface area contributed by atoms with Crippen molar-refractivity contribution in [3.8, 4) is 11.4 Å². The number of aromatic nitrogens is 2. The number of H-pyrrole nitrogens is 1. The van der Waals surface area contributed by atoms with E-state index in [2.05, 4.69) is 25.9 Å². The lowest BCUT2D eigenvalue weighted by Crippen LogP contribution is -2.05. The Labute approximate surface area is 104 Å². The molecule has 0 aliphatic carbocycles. The normalized spacial score (nSPS) is 11.8. The number of rotatable bonds is 1. The number of imidazole rings is 1. The van der Waals surface area contributed by atoms with Gasteiger partial charge in [0.1, 0.15) is 5.82 Å². The van der Waals surface area contributed by atoms with E-state index in [0.717, 1.165) is 17.8 Å². The summed E-state index contributed by atoms with van der Waals surface area (Å²) in [4.78, 5) is 6.91. The van der Waals surface area contributed by atoms with Crippen molar-refractivity contribution in [3.05, 3.63) is 40.1 Å². The maximum Gasteiger partial charge on any atom is 0.416 e. The number of nitrogens with one attached hydrogen (secondary N) is 1. The van der Waals surface area contributed by atoms with Crippen molar-refractivity contribution in [2.24, 2.45) is 0 Å². The lowest BCUT2D eigenvalue weighted by molar-refractivity contribution is -0.137. The fraction of sp³-hybridized carbons (Fsp3) is 0.182. The molecule has 0 bridgehead atoms. The van der Waals surface area contributed by atoms with E-state index < -0.39 is 11.7 Å². The van der Waals surface area contributed by atoms with E-state index in [0.29, 0.717) is 15.9 Å². The zero-order valence-electron chi connectivity index (χ0n) is 8.77. The molecule has 2 nitrogen and oxygen atoms in total. The molecule has 1 heterocycles. The van der Waals surface area contributed by atoms with Gasteiger partial charge in [0.2, 0.25) is 0 Å². The minimum absolute atomic E-state index is 0.372. The highest BCUT2D eigenvalue weighted by molar-refractivity contribution is 9.10. The minimum atomic E-state index is -4.36. The van der Waals surface area contributed by atoms with Crippen LogP contribution in [0, 0.1) is 6.92 Å². The summed E-state index contributed by atoms with van der Waals surface area (Å²) < 4.78 is 38.2. The SMILES string of the molecule is Cc1cnc(-c2cc(Br)cc(C(F)(F)F)c2)[nH]1. The van der Waals surface area contributed by atoms with Crippen LogP contribution in [0.3, 0.4) is 0 Å². The zero-order valence-corrected chi connectivity index (χ0v) is 10.4. The highest BCUT2D eigenvalue weighted by Gasteiger charge is 2.31. The van der Waals surface area contributed by atoms with Gasteiger partial charge in [-0.3, -0.25) is 0 Å². The highest BCUT2D eigenvalue weighted by Crippen LogP contribution is 2.34. The van der Waals surface area contributed by atoms with E-state index in [1.54, 1.807) is 19.2 Å². The predicted octanol–water partition coefficient (Wildman–Crippen LogP) is 4.17. The Morgan fingerprint density at radius 3 is 2.47 bits per heavy atom. The van der Waals surface area contributed by atoms with E-state index in [1.807, 2.05) is 0 Å². The average molecular weight is 305 g/mol. The molecule has 0 fully saturated rings. The van der Waals surface area contributed by atoms with Crippen LogP contribution in [-0.2, 0) is 6.18 Å². The summed E-state index contributed by atoms with van der Waals surface area (Å²) in [5, 5.41) is 0. The highest BCUT2D eigenvalue weighted by atomic mass is 79.9. The lowest BCUT2D eigenvalue weighted by atomic mass is 10.1. The number of benzene rings is 1. The summed E-state index contributed by atoms with van der Waals surface area (Å²) in [5.74, 6) is 0.425. The van der Waals surface area contributed by atoms with Crippen molar-refractivity contribution >= 4 is 15.9 Å². The number of alkyl halides is 3. The van der Waals surface area contributed by atoms with Crippen LogP contribution in [0.4, 0.5) is 13.2 Å². The number of hydrogen-bond acceptors (Lipinski definition) is 1. The number of nitrogens with zero attached hydrogens (tertiary/aromatic N) is 1. The molecule has 0 saturated heterocycles. The van der Waals surface area contributed by atoms with Crippen LogP contribution in [0.2, 0.25) is 0 Å². The van der Waals surface area contributed by atoms with Crippen molar-refractivity contribution < 1.29 is 13.2 Å². The van der Waals surface area contributed by atoms with Crippen molar-refractivity contribution in [3.63, 3.8) is 0 Å². The van der Waals surface area contributed by atoms with Crippen molar-refractivity contribution in [1.82, 2.24) is 9.97 Å². The summed E-state index contributed by atoms with van der Waals surface area (Å²) in [5.41, 5.74) is 0.504. The second-order valence-corrected chi connectivity index (χ2v) is 4.56. The smallest absolute Gasteiger partial charge is 0.342 e. The standard InChI is InChI=1S/C11H8BrF3N2/c1-6-5-16-10(17-6)7-2-8(11(13,14)15)4-9(12)3-7/h2-5H,1H3,(H,16,17). The largest absolute Gasteiger partial charge is 0.416 e. The van der Waals surface area contributed by atoms with Gasteiger partial charge in [-0.1, -0.05) is 15.9 Å². The molecule has 2 aromatic rings. The Hall–Kier alpha value is -1.30. The van der Waals surface area contributed by atoms with E-state index in [-0.39, 0.29) is 0 Å². The first-order chi connectivity index (χ1) is 7.86. The third-order valence-electron chi connectivity index (χ3n) is 2.20. The molecule has 1 aromatic carbocycles. The number of aryl methyl sites for hydroxylation is 1. The molecule has 0 unspecified atom stereocenters. The van der Waals surface area contributed by atoms with Gasteiger partial charge in [0.05, 0.1) is 5.56 Å². The van der Waals surface area contributed by atoms with E-state index in [9.17, 15) is 13.2 Å². The Bertz CT molecular complexity index is 546. The Morgan fingerprint density at radius 2 is 1.94 bits per heavy atom. The first-order valence-electron chi connectivity index (χ1n) is 4.76. The summed E-state index contributed by atoms with van der Waals surface area (Å²) in [6.07, 6.45) is -2.79. The van der Waals surface area contributed by atoms with Gasteiger partial charge < -0.3 is 4.98 Å². The molecule has 6 heteroatoms. The van der Waals surface area contributed by atoms with Gasteiger partial charge in [0.15, 0.2) is 0 Å². The topological polar surface area (TPSA) is 28.7 Å². The first-order valence-corrected chi connectivity index (χ1v) is 5.55. The molecule has 0 saturated carbocycles. The molecular weight excluding hydrogens is 297 g/mol. The molecule has 0 aliphatic heterocycles. The van der Waals surface area contributed by atoms with Crippen molar-refractivity contribution in [1.29, 1.82) is 0 Å². The van der Waals surface area contributed by atoms with E-state index in [1.165, 1.54) is 0 Å². The molecule has 1 N–H and O–H groups in total. The summed E-state index contributed by atoms with van der Waals surface area (Å²) >= 11 is 3.07. The molecule has 2 rings (SSSR count). The molecular formula is C11H8BrF3N2. The second-order valence-electron chi connectivity index (χ2n) is 3.64.